The third kappa shape index (κ3) is 1.92. The lowest BCUT2D eigenvalue weighted by Crippen LogP contribution is -2.07. The fraction of sp³-hybridized carbons (Fsp3) is 0.308. The van der Waals surface area contributed by atoms with E-state index in [9.17, 15) is 10.1 Å². The Hall–Kier alpha value is -2.41. The third-order valence-electron chi connectivity index (χ3n) is 3.32. The van der Waals surface area contributed by atoms with E-state index in [1.54, 1.807) is 30.0 Å². The number of hydrogen-bond acceptors (Lipinski definition) is 5. The minimum atomic E-state index is -0.394. The number of hydrogen-bond donors (Lipinski definition) is 1. The lowest BCUT2D eigenvalue weighted by Gasteiger charge is -2.06. The normalized spacial score (nSPS) is 13.1. The van der Waals surface area contributed by atoms with Crippen LogP contribution < -0.4 is 5.32 Å². The van der Waals surface area contributed by atoms with Gasteiger partial charge >= 0.3 is 0 Å². The second-order valence-corrected chi connectivity index (χ2v) is 4.54. The Morgan fingerprint density at radius 2 is 2.30 bits per heavy atom. The average molecular weight is 274 g/mol. The molecule has 0 fully saturated rings. The van der Waals surface area contributed by atoms with Gasteiger partial charge in [-0.25, -0.2) is 4.68 Å². The van der Waals surface area contributed by atoms with E-state index >= 15 is 0 Å². The van der Waals surface area contributed by atoms with Crippen LogP contribution in [-0.2, 0) is 17.8 Å². The Morgan fingerprint density at radius 1 is 1.50 bits per heavy atom. The lowest BCUT2D eigenvalue weighted by atomic mass is 10.2. The molecule has 0 unspecified atom stereocenters. The smallest absolute Gasteiger partial charge is 0.294 e. The van der Waals surface area contributed by atoms with Gasteiger partial charge in [0.15, 0.2) is 0 Å². The molecule has 1 aliphatic rings. The van der Waals surface area contributed by atoms with Gasteiger partial charge in [0.25, 0.3) is 5.69 Å². The summed E-state index contributed by atoms with van der Waals surface area (Å²) in [6, 6.07) is 6.59. The molecule has 1 N–H and O–H groups in total. The fourth-order valence-corrected chi connectivity index (χ4v) is 2.47. The first-order valence-corrected chi connectivity index (χ1v) is 6.29. The van der Waals surface area contributed by atoms with Crippen molar-refractivity contribution in [2.45, 2.75) is 13.0 Å². The molecule has 0 saturated carbocycles. The number of nitrogens with one attached hydrogen (secondary N) is 1. The average Bonchev–Trinajstić information content (AvgIpc) is 3.03. The Balaban J connectivity index is 2.16. The monoisotopic (exact) mass is 274 g/mol. The zero-order valence-corrected chi connectivity index (χ0v) is 11.0. The number of para-hydroxylation sites is 2. The molecule has 3 rings (SSSR count). The van der Waals surface area contributed by atoms with Gasteiger partial charge in [-0.1, -0.05) is 12.1 Å². The summed E-state index contributed by atoms with van der Waals surface area (Å²) in [4.78, 5) is 10.8. The number of nitrogens with zero attached hydrogens (tertiary/aromatic N) is 3. The van der Waals surface area contributed by atoms with Crippen molar-refractivity contribution in [2.24, 2.45) is 0 Å². The molecule has 1 aliphatic heterocycles. The summed E-state index contributed by atoms with van der Waals surface area (Å²) in [6.07, 6.45) is 0.856. The van der Waals surface area contributed by atoms with E-state index in [1.165, 1.54) is 6.07 Å². The predicted molar refractivity (Wildman–Crippen MR) is 73.1 cm³/mol. The van der Waals surface area contributed by atoms with Gasteiger partial charge in [0, 0.05) is 25.3 Å². The largest absolute Gasteiger partial charge is 0.378 e. The summed E-state index contributed by atoms with van der Waals surface area (Å²) < 4.78 is 6.75. The maximum Gasteiger partial charge on any atom is 0.294 e. The third-order valence-corrected chi connectivity index (χ3v) is 3.32. The quantitative estimate of drug-likeness (QED) is 0.680. The van der Waals surface area contributed by atoms with Gasteiger partial charge in [-0.15, -0.1) is 0 Å². The second kappa shape index (κ2) is 4.93. The summed E-state index contributed by atoms with van der Waals surface area (Å²) in [5.41, 5.74) is 2.40. The Kier molecular flexibility index (Phi) is 3.11. The van der Waals surface area contributed by atoms with Crippen molar-refractivity contribution in [3.05, 3.63) is 45.6 Å². The number of benzene rings is 1. The number of nitro benzene ring substituents is 1. The van der Waals surface area contributed by atoms with E-state index in [1.807, 2.05) is 0 Å². The predicted octanol–water partition coefficient (Wildman–Crippen LogP) is 1.89. The number of fused-ring (bicyclic) bond motifs is 1. The Bertz CT molecular complexity index is 666. The zero-order valence-electron chi connectivity index (χ0n) is 11.0. The number of ether oxygens (including phenoxy) is 1. The van der Waals surface area contributed by atoms with Crippen molar-refractivity contribution in [1.29, 1.82) is 0 Å². The molecule has 7 heteroatoms. The van der Waals surface area contributed by atoms with Crippen LogP contribution in [0.3, 0.4) is 0 Å². The van der Waals surface area contributed by atoms with E-state index in [0.29, 0.717) is 12.3 Å². The molecular formula is C13H14N4O3. The summed E-state index contributed by atoms with van der Waals surface area (Å²) in [7, 11) is 1.61. The molecule has 20 heavy (non-hydrogen) atoms. The molecule has 0 spiro atoms. The van der Waals surface area contributed by atoms with Crippen LogP contribution in [0.4, 0.5) is 11.5 Å². The van der Waals surface area contributed by atoms with E-state index in [2.05, 4.69) is 10.4 Å². The molecule has 7 nitrogen and oxygen atoms in total. The minimum absolute atomic E-state index is 0.0375. The lowest BCUT2D eigenvalue weighted by molar-refractivity contribution is -0.384. The number of methoxy groups -OCH3 is 1. The Morgan fingerprint density at radius 3 is 3.05 bits per heavy atom. The maximum absolute atomic E-state index is 11.1. The first-order valence-electron chi connectivity index (χ1n) is 6.29. The van der Waals surface area contributed by atoms with Crippen molar-refractivity contribution in [3.8, 4) is 5.69 Å². The van der Waals surface area contributed by atoms with Crippen LogP contribution in [0.2, 0.25) is 0 Å². The fourth-order valence-electron chi connectivity index (χ4n) is 2.47. The highest BCUT2D eigenvalue weighted by Gasteiger charge is 2.26. The van der Waals surface area contributed by atoms with E-state index in [-0.39, 0.29) is 5.69 Å². The molecule has 0 aliphatic carbocycles. The van der Waals surface area contributed by atoms with Crippen LogP contribution in [0.5, 0.6) is 0 Å². The van der Waals surface area contributed by atoms with Crippen LogP contribution in [0.15, 0.2) is 24.3 Å². The van der Waals surface area contributed by atoms with Crippen LogP contribution in [0, 0.1) is 10.1 Å². The SMILES string of the molecule is COCc1nn(-c2ccccc2[N+](=O)[O-])c2c1CCN2. The van der Waals surface area contributed by atoms with Gasteiger partial charge in [0.1, 0.15) is 11.5 Å². The van der Waals surface area contributed by atoms with Gasteiger partial charge in [0.2, 0.25) is 0 Å². The zero-order chi connectivity index (χ0) is 14.1. The molecular weight excluding hydrogens is 260 g/mol. The van der Waals surface area contributed by atoms with Crippen LogP contribution in [0.1, 0.15) is 11.3 Å². The molecule has 0 bridgehead atoms. The van der Waals surface area contributed by atoms with Crippen molar-refractivity contribution in [1.82, 2.24) is 9.78 Å². The number of rotatable bonds is 4. The first kappa shape index (κ1) is 12.6. The van der Waals surface area contributed by atoms with Crippen molar-refractivity contribution in [2.75, 3.05) is 19.0 Å². The number of aromatic nitrogens is 2. The summed E-state index contributed by atoms with van der Waals surface area (Å²) in [5, 5.41) is 18.8. The van der Waals surface area contributed by atoms with Gasteiger partial charge < -0.3 is 10.1 Å². The summed E-state index contributed by atoms with van der Waals surface area (Å²) in [5.74, 6) is 0.825. The van der Waals surface area contributed by atoms with E-state index < -0.39 is 4.92 Å². The highest BCUT2D eigenvalue weighted by Crippen LogP contribution is 2.32. The van der Waals surface area contributed by atoms with Crippen LogP contribution >= 0.6 is 0 Å². The standard InChI is InChI=1S/C13H14N4O3/c1-20-8-10-9-6-7-14-13(9)16(15-10)11-4-2-3-5-12(11)17(18)19/h2-5,14H,6-8H2,1H3. The van der Waals surface area contributed by atoms with Crippen molar-refractivity contribution < 1.29 is 9.66 Å². The highest BCUT2D eigenvalue weighted by molar-refractivity contribution is 5.61. The molecule has 2 aromatic rings. The molecule has 2 heterocycles. The molecule has 1 aromatic carbocycles. The first-order chi connectivity index (χ1) is 9.72. The minimum Gasteiger partial charge on any atom is -0.378 e. The molecule has 1 aromatic heterocycles. The van der Waals surface area contributed by atoms with Crippen LogP contribution in [0.25, 0.3) is 5.69 Å². The maximum atomic E-state index is 11.1. The molecule has 104 valence electrons. The van der Waals surface area contributed by atoms with Gasteiger partial charge in [-0.3, -0.25) is 10.1 Å². The van der Waals surface area contributed by atoms with Gasteiger partial charge in [-0.2, -0.15) is 5.10 Å². The summed E-state index contributed by atoms with van der Waals surface area (Å²) in [6.45, 7) is 1.21. The van der Waals surface area contributed by atoms with Crippen LogP contribution in [-0.4, -0.2) is 28.4 Å². The van der Waals surface area contributed by atoms with E-state index in [4.69, 9.17) is 4.74 Å². The molecule has 0 amide bonds. The summed E-state index contributed by atoms with van der Waals surface area (Å²) >= 11 is 0. The molecule has 0 radical (unpaired) electrons. The van der Waals surface area contributed by atoms with Gasteiger partial charge in [-0.05, 0) is 12.5 Å². The van der Waals surface area contributed by atoms with Crippen molar-refractivity contribution in [3.63, 3.8) is 0 Å². The highest BCUT2D eigenvalue weighted by atomic mass is 16.6. The van der Waals surface area contributed by atoms with Crippen molar-refractivity contribution >= 4 is 11.5 Å². The number of anilines is 1. The molecule has 0 saturated heterocycles. The van der Waals surface area contributed by atoms with Gasteiger partial charge in [0.05, 0.1) is 17.2 Å². The topological polar surface area (TPSA) is 82.2 Å². The molecule has 0 atom stereocenters. The second-order valence-electron chi connectivity index (χ2n) is 4.54. The van der Waals surface area contributed by atoms with E-state index in [0.717, 1.165) is 30.0 Å². The number of nitro groups is 1. The Labute approximate surface area is 115 Å².